The van der Waals surface area contributed by atoms with Gasteiger partial charge in [-0.15, -0.1) is 0 Å². The maximum absolute atomic E-state index is 10.6. The second-order valence-corrected chi connectivity index (χ2v) is 4.93. The minimum atomic E-state index is -1.46. The van der Waals surface area contributed by atoms with Gasteiger partial charge in [0.25, 0.3) is 12.2 Å². The Kier molecular flexibility index (Phi) is 6.90. The molecule has 10 nitrogen and oxygen atoms in total. The quantitative estimate of drug-likeness (QED) is 0.484. The number of aromatic carboxylic acids is 1. The summed E-state index contributed by atoms with van der Waals surface area (Å²) in [6.07, 6.45) is 0. The monoisotopic (exact) mass is 362 g/mol. The van der Waals surface area contributed by atoms with E-state index in [1.807, 2.05) is 6.07 Å². The topological polar surface area (TPSA) is 150 Å². The van der Waals surface area contributed by atoms with Crippen molar-refractivity contribution in [3.05, 3.63) is 73.3 Å². The highest BCUT2D eigenvalue weighted by molar-refractivity contribution is 5.93. The summed E-state index contributed by atoms with van der Waals surface area (Å²) in [4.78, 5) is 40.4. The number of carbonyl (C=O) groups is 2. The van der Waals surface area contributed by atoms with Gasteiger partial charge in [0.2, 0.25) is 5.75 Å². The average molecular weight is 362 g/mol. The predicted octanol–water partition coefficient (Wildman–Crippen LogP) is 3.04. The molecule has 1 N–H and O–H groups in total. The van der Waals surface area contributed by atoms with Crippen molar-refractivity contribution in [2.75, 3.05) is 0 Å². The second kappa shape index (κ2) is 8.87. The first-order chi connectivity index (χ1) is 12.2. The Labute approximate surface area is 146 Å². The number of carboxylic acid groups (broad SMARTS) is 1. The standard InChI is InChI=1S/C8H5NO6.C8H9NO2/c10-4-15-6-3-1-2-5(8(11)12)7(6)9(13)14;1-6-4-3-5-7(2)8(6)9(10)11/h1-4H,(H,11,12);3-5H,1-2H3. The smallest absolute Gasteiger partial charge is 0.342 e. The number of carboxylic acids is 1. The van der Waals surface area contributed by atoms with Gasteiger partial charge in [-0.1, -0.05) is 24.3 Å². The lowest BCUT2D eigenvalue weighted by molar-refractivity contribution is -0.386. The maximum Gasteiger partial charge on any atom is 0.342 e. The van der Waals surface area contributed by atoms with Crippen molar-refractivity contribution in [1.82, 2.24) is 0 Å². The molecule has 0 fully saturated rings. The Bertz CT molecular complexity index is 843. The molecule has 0 saturated carbocycles. The summed E-state index contributed by atoms with van der Waals surface area (Å²) in [6.45, 7) is 3.48. The van der Waals surface area contributed by atoms with E-state index >= 15 is 0 Å². The zero-order valence-electron chi connectivity index (χ0n) is 13.7. The summed E-state index contributed by atoms with van der Waals surface area (Å²) in [5.74, 6) is -1.85. The number of rotatable bonds is 5. The molecule has 0 atom stereocenters. The van der Waals surface area contributed by atoms with Gasteiger partial charge in [-0.25, -0.2) is 4.79 Å². The van der Waals surface area contributed by atoms with E-state index in [0.29, 0.717) is 0 Å². The summed E-state index contributed by atoms with van der Waals surface area (Å²) in [7, 11) is 0. The number of para-hydroxylation sites is 2. The van der Waals surface area contributed by atoms with E-state index in [9.17, 15) is 29.8 Å². The molecule has 2 aromatic rings. The zero-order chi connectivity index (χ0) is 19.9. The van der Waals surface area contributed by atoms with E-state index in [4.69, 9.17) is 5.11 Å². The summed E-state index contributed by atoms with van der Waals surface area (Å²) >= 11 is 0. The van der Waals surface area contributed by atoms with Gasteiger partial charge in [0, 0.05) is 11.1 Å². The SMILES string of the molecule is Cc1cccc(C)c1[N+](=O)[O-].O=COc1cccc(C(=O)O)c1[N+](=O)[O-]. The van der Waals surface area contributed by atoms with Crippen LogP contribution >= 0.6 is 0 Å². The van der Waals surface area contributed by atoms with E-state index in [0.717, 1.165) is 23.3 Å². The van der Waals surface area contributed by atoms with Gasteiger partial charge in [0.15, 0.2) is 0 Å². The van der Waals surface area contributed by atoms with Gasteiger partial charge in [0.05, 0.1) is 9.85 Å². The van der Waals surface area contributed by atoms with Crippen LogP contribution in [0, 0.1) is 34.1 Å². The van der Waals surface area contributed by atoms with Crippen molar-refractivity contribution in [2.45, 2.75) is 13.8 Å². The first-order valence-corrected chi connectivity index (χ1v) is 7.02. The largest absolute Gasteiger partial charge is 0.477 e. The number of benzene rings is 2. The summed E-state index contributed by atoms with van der Waals surface area (Å²) < 4.78 is 4.30. The third kappa shape index (κ3) is 4.84. The Morgan fingerprint density at radius 2 is 1.50 bits per heavy atom. The molecule has 2 rings (SSSR count). The molecular weight excluding hydrogens is 348 g/mol. The Morgan fingerprint density at radius 3 is 1.88 bits per heavy atom. The van der Waals surface area contributed by atoms with Crippen LogP contribution in [0.3, 0.4) is 0 Å². The van der Waals surface area contributed by atoms with E-state index < -0.39 is 27.9 Å². The fraction of sp³-hybridized carbons (Fsp3) is 0.125. The van der Waals surface area contributed by atoms with Crippen molar-refractivity contribution in [2.24, 2.45) is 0 Å². The molecule has 0 spiro atoms. The average Bonchev–Trinajstić information content (AvgIpc) is 2.54. The molecule has 0 radical (unpaired) electrons. The van der Waals surface area contributed by atoms with Crippen LogP contribution in [-0.2, 0) is 4.79 Å². The first kappa shape index (κ1) is 20.2. The number of nitrogens with zero attached hydrogens (tertiary/aromatic N) is 2. The van der Waals surface area contributed by atoms with Crippen LogP contribution in [0.2, 0.25) is 0 Å². The van der Waals surface area contributed by atoms with Crippen molar-refractivity contribution in [3.63, 3.8) is 0 Å². The Hall–Kier alpha value is -3.82. The summed E-state index contributed by atoms with van der Waals surface area (Å²) in [6, 6.07) is 8.74. The summed E-state index contributed by atoms with van der Waals surface area (Å²) in [5, 5.41) is 29.7. The van der Waals surface area contributed by atoms with Crippen molar-refractivity contribution >= 4 is 23.8 Å². The Morgan fingerprint density at radius 1 is 1.00 bits per heavy atom. The van der Waals surface area contributed by atoms with Crippen LogP contribution in [0.25, 0.3) is 0 Å². The number of nitro benzene ring substituents is 2. The van der Waals surface area contributed by atoms with Gasteiger partial charge < -0.3 is 9.84 Å². The van der Waals surface area contributed by atoms with E-state index in [1.165, 1.54) is 6.07 Å². The molecule has 26 heavy (non-hydrogen) atoms. The van der Waals surface area contributed by atoms with Crippen LogP contribution in [-0.4, -0.2) is 27.4 Å². The van der Waals surface area contributed by atoms with E-state index in [1.54, 1.807) is 26.0 Å². The van der Waals surface area contributed by atoms with Gasteiger partial charge >= 0.3 is 11.7 Å². The van der Waals surface area contributed by atoms with Crippen LogP contribution in [0.15, 0.2) is 36.4 Å². The number of nitro groups is 2. The minimum absolute atomic E-state index is 0.00599. The molecule has 0 amide bonds. The number of hydrogen-bond donors (Lipinski definition) is 1. The summed E-state index contributed by atoms with van der Waals surface area (Å²) in [5.41, 5.74) is 0.397. The lowest BCUT2D eigenvalue weighted by atomic mass is 10.1. The number of hydrogen-bond acceptors (Lipinski definition) is 7. The molecule has 0 heterocycles. The molecule has 0 saturated heterocycles. The predicted molar refractivity (Wildman–Crippen MR) is 89.3 cm³/mol. The van der Waals surface area contributed by atoms with E-state index in [2.05, 4.69) is 4.74 Å². The molecular formula is C16H14N2O8. The fourth-order valence-corrected chi connectivity index (χ4v) is 2.12. The van der Waals surface area contributed by atoms with E-state index in [-0.39, 0.29) is 17.1 Å². The van der Waals surface area contributed by atoms with Crippen LogP contribution in [0.4, 0.5) is 11.4 Å². The van der Waals surface area contributed by atoms with Crippen LogP contribution in [0.1, 0.15) is 21.5 Å². The molecule has 0 aliphatic carbocycles. The van der Waals surface area contributed by atoms with Crippen LogP contribution < -0.4 is 4.74 Å². The molecule has 0 aromatic heterocycles. The lowest BCUT2D eigenvalue weighted by Crippen LogP contribution is -2.04. The van der Waals surface area contributed by atoms with Gasteiger partial charge in [-0.05, 0) is 26.0 Å². The number of carbonyl (C=O) groups excluding carboxylic acids is 1. The van der Waals surface area contributed by atoms with Gasteiger partial charge in [-0.2, -0.15) is 0 Å². The van der Waals surface area contributed by atoms with Gasteiger partial charge in [-0.3, -0.25) is 25.0 Å². The van der Waals surface area contributed by atoms with Crippen LogP contribution in [0.5, 0.6) is 5.75 Å². The normalized spacial score (nSPS) is 9.46. The Balaban J connectivity index is 0.000000273. The van der Waals surface area contributed by atoms with Crippen molar-refractivity contribution in [3.8, 4) is 5.75 Å². The van der Waals surface area contributed by atoms with Gasteiger partial charge in [0.1, 0.15) is 5.56 Å². The third-order valence-electron chi connectivity index (χ3n) is 3.21. The second-order valence-electron chi connectivity index (χ2n) is 4.93. The highest BCUT2D eigenvalue weighted by Crippen LogP contribution is 2.30. The molecule has 10 heteroatoms. The lowest BCUT2D eigenvalue weighted by Gasteiger charge is -2.01. The molecule has 0 unspecified atom stereocenters. The molecule has 2 aromatic carbocycles. The number of ether oxygens (including phenoxy) is 1. The minimum Gasteiger partial charge on any atom is -0.477 e. The highest BCUT2D eigenvalue weighted by atomic mass is 16.6. The maximum atomic E-state index is 10.6. The highest BCUT2D eigenvalue weighted by Gasteiger charge is 2.25. The molecule has 136 valence electrons. The molecule has 0 aliphatic heterocycles. The van der Waals surface area contributed by atoms with Crippen molar-refractivity contribution in [1.29, 1.82) is 0 Å². The van der Waals surface area contributed by atoms with Crippen molar-refractivity contribution < 1.29 is 29.3 Å². The zero-order valence-corrected chi connectivity index (χ0v) is 13.7. The third-order valence-corrected chi connectivity index (χ3v) is 3.21. The first-order valence-electron chi connectivity index (χ1n) is 7.02. The molecule has 0 aliphatic rings. The number of aryl methyl sites for hydroxylation is 2. The molecule has 0 bridgehead atoms. The fourth-order valence-electron chi connectivity index (χ4n) is 2.12.